The smallest absolute Gasteiger partial charge is 0.209 e. The minimum Gasteiger partial charge on any atom is -0.298 e. The Labute approximate surface area is 104 Å². The second kappa shape index (κ2) is 3.29. The van der Waals surface area contributed by atoms with Gasteiger partial charge in [0.25, 0.3) is 0 Å². The quantitative estimate of drug-likeness (QED) is 0.774. The van der Waals surface area contributed by atoms with Gasteiger partial charge in [0.1, 0.15) is 0 Å². The monoisotopic (exact) mass is 309 g/mol. The fourth-order valence-corrected chi connectivity index (χ4v) is 6.22. The molecule has 2 aliphatic rings. The van der Waals surface area contributed by atoms with Crippen LogP contribution in [0, 0.1) is 16.7 Å². The molecular formula is C10H16BrNO3S. The van der Waals surface area contributed by atoms with Crippen LogP contribution in [0.4, 0.5) is 0 Å². The first-order valence-corrected chi connectivity index (χ1v) is 7.94. The summed E-state index contributed by atoms with van der Waals surface area (Å²) in [6.07, 6.45) is 1.66. The van der Waals surface area contributed by atoms with E-state index < -0.39 is 20.9 Å². The van der Waals surface area contributed by atoms with Gasteiger partial charge in [-0.25, -0.2) is 13.6 Å². The molecule has 6 heteroatoms. The summed E-state index contributed by atoms with van der Waals surface area (Å²) in [5.74, 6) is 0.118. The van der Waals surface area contributed by atoms with Crippen molar-refractivity contribution in [1.29, 1.82) is 0 Å². The number of Topliss-reactive ketones (excluding diaryl/α,β-unsaturated/α-hetero) is 1. The van der Waals surface area contributed by atoms with Crippen LogP contribution in [0.15, 0.2) is 0 Å². The number of primary sulfonamides is 1. The van der Waals surface area contributed by atoms with Crippen LogP contribution in [-0.4, -0.2) is 24.8 Å². The summed E-state index contributed by atoms with van der Waals surface area (Å²) in [5.41, 5.74) is -1.07. The number of hydrogen-bond acceptors (Lipinski definition) is 3. The number of alkyl halides is 1. The predicted molar refractivity (Wildman–Crippen MR) is 64.6 cm³/mol. The maximum atomic E-state index is 12.1. The van der Waals surface area contributed by atoms with E-state index in [1.165, 1.54) is 0 Å². The minimum atomic E-state index is -3.55. The molecule has 4 nitrogen and oxygen atoms in total. The van der Waals surface area contributed by atoms with Crippen molar-refractivity contribution >= 4 is 31.7 Å². The van der Waals surface area contributed by atoms with Crippen molar-refractivity contribution in [3.63, 3.8) is 0 Å². The third kappa shape index (κ3) is 1.42. The molecule has 2 N–H and O–H groups in total. The van der Waals surface area contributed by atoms with Crippen LogP contribution in [0.2, 0.25) is 0 Å². The van der Waals surface area contributed by atoms with E-state index in [1.54, 1.807) is 0 Å². The molecule has 2 rings (SSSR count). The molecule has 0 aromatic heterocycles. The van der Waals surface area contributed by atoms with Crippen LogP contribution >= 0.6 is 15.9 Å². The SMILES string of the molecule is CC12CCC(C(Br)C1=O)C2(C)CS(N)(=O)=O. The number of hydrogen-bond donors (Lipinski definition) is 1. The molecule has 0 aromatic carbocycles. The Morgan fingerprint density at radius 2 is 2.06 bits per heavy atom. The number of halogens is 1. The van der Waals surface area contributed by atoms with Gasteiger partial charge in [-0.1, -0.05) is 29.8 Å². The van der Waals surface area contributed by atoms with Crippen molar-refractivity contribution < 1.29 is 13.2 Å². The van der Waals surface area contributed by atoms with E-state index in [-0.39, 0.29) is 22.3 Å². The highest BCUT2D eigenvalue weighted by molar-refractivity contribution is 9.10. The summed E-state index contributed by atoms with van der Waals surface area (Å²) in [6, 6.07) is 0. The van der Waals surface area contributed by atoms with Crippen molar-refractivity contribution in [2.24, 2.45) is 21.9 Å². The molecule has 2 aliphatic carbocycles. The number of fused-ring (bicyclic) bond motifs is 2. The maximum absolute atomic E-state index is 12.1. The van der Waals surface area contributed by atoms with Crippen LogP contribution in [-0.2, 0) is 14.8 Å². The highest BCUT2D eigenvalue weighted by Crippen LogP contribution is 2.65. The average Bonchev–Trinajstić information content (AvgIpc) is 2.40. The molecule has 0 spiro atoms. The van der Waals surface area contributed by atoms with Gasteiger partial charge in [0, 0.05) is 5.41 Å². The molecule has 2 bridgehead atoms. The molecule has 4 unspecified atom stereocenters. The van der Waals surface area contributed by atoms with Crippen molar-refractivity contribution in [3.05, 3.63) is 0 Å². The Bertz CT molecular complexity index is 449. The first kappa shape index (κ1) is 12.5. The molecule has 0 aromatic rings. The molecule has 2 saturated carbocycles. The van der Waals surface area contributed by atoms with E-state index in [2.05, 4.69) is 15.9 Å². The van der Waals surface area contributed by atoms with E-state index >= 15 is 0 Å². The molecule has 2 fully saturated rings. The second-order valence-corrected chi connectivity index (χ2v) is 8.07. The van der Waals surface area contributed by atoms with E-state index in [4.69, 9.17) is 5.14 Å². The van der Waals surface area contributed by atoms with Crippen LogP contribution in [0.25, 0.3) is 0 Å². The van der Waals surface area contributed by atoms with E-state index in [0.717, 1.165) is 12.8 Å². The normalized spacial score (nSPS) is 47.6. The molecule has 0 amide bonds. The first-order valence-electron chi connectivity index (χ1n) is 5.31. The summed E-state index contributed by atoms with van der Waals surface area (Å²) in [6.45, 7) is 3.76. The fraction of sp³-hybridized carbons (Fsp3) is 0.900. The zero-order valence-electron chi connectivity index (χ0n) is 9.36. The summed E-state index contributed by atoms with van der Waals surface area (Å²) in [5, 5.41) is 5.15. The molecule has 0 radical (unpaired) electrons. The topological polar surface area (TPSA) is 77.2 Å². The van der Waals surface area contributed by atoms with Gasteiger partial charge in [0.05, 0.1) is 10.6 Å². The highest BCUT2D eigenvalue weighted by atomic mass is 79.9. The van der Waals surface area contributed by atoms with Gasteiger partial charge >= 0.3 is 0 Å². The maximum Gasteiger partial charge on any atom is 0.209 e. The van der Waals surface area contributed by atoms with Gasteiger partial charge in [-0.15, -0.1) is 0 Å². The largest absolute Gasteiger partial charge is 0.298 e. The van der Waals surface area contributed by atoms with Crippen molar-refractivity contribution in [2.75, 3.05) is 5.75 Å². The average molecular weight is 310 g/mol. The summed E-state index contributed by atoms with van der Waals surface area (Å²) in [7, 11) is -3.55. The van der Waals surface area contributed by atoms with E-state index in [1.807, 2.05) is 13.8 Å². The van der Waals surface area contributed by atoms with Gasteiger partial charge in [0.15, 0.2) is 5.78 Å². The number of carbonyl (C=O) groups excluding carboxylic acids is 1. The zero-order valence-corrected chi connectivity index (χ0v) is 11.8. The Balaban J connectivity index is 2.47. The number of nitrogens with two attached hydrogens (primary N) is 1. The number of rotatable bonds is 2. The van der Waals surface area contributed by atoms with Crippen LogP contribution in [0.1, 0.15) is 26.7 Å². The number of carbonyl (C=O) groups is 1. The highest BCUT2D eigenvalue weighted by Gasteiger charge is 2.68. The Hall–Kier alpha value is 0.0600. The minimum absolute atomic E-state index is 0.0864. The van der Waals surface area contributed by atoms with E-state index in [0.29, 0.717) is 0 Å². The third-order valence-electron chi connectivity index (χ3n) is 4.68. The Morgan fingerprint density at radius 1 is 1.50 bits per heavy atom. The molecule has 0 saturated heterocycles. The van der Waals surface area contributed by atoms with Crippen LogP contribution in [0.3, 0.4) is 0 Å². The lowest BCUT2D eigenvalue weighted by Crippen LogP contribution is -2.42. The van der Waals surface area contributed by atoms with Gasteiger partial charge in [-0.05, 0) is 24.2 Å². The van der Waals surface area contributed by atoms with E-state index in [9.17, 15) is 13.2 Å². The van der Waals surface area contributed by atoms with Gasteiger partial charge in [0.2, 0.25) is 10.0 Å². The lowest BCUT2D eigenvalue weighted by atomic mass is 9.70. The molecule has 92 valence electrons. The van der Waals surface area contributed by atoms with Crippen LogP contribution < -0.4 is 5.14 Å². The van der Waals surface area contributed by atoms with Crippen molar-refractivity contribution in [2.45, 2.75) is 31.5 Å². The lowest BCUT2D eigenvalue weighted by molar-refractivity contribution is -0.127. The summed E-state index contributed by atoms with van der Waals surface area (Å²) >= 11 is 3.39. The molecule has 4 atom stereocenters. The Morgan fingerprint density at radius 3 is 2.44 bits per heavy atom. The first-order chi connectivity index (χ1) is 7.12. The Kier molecular flexibility index (Phi) is 2.58. The standard InChI is InChI=1S/C10H16BrNO3S/c1-9-4-3-6(7(11)8(9)13)10(9,2)5-16(12,14)15/h6-7H,3-5H2,1-2H3,(H2,12,14,15). The second-order valence-electron chi connectivity index (χ2n) is 5.47. The van der Waals surface area contributed by atoms with Gasteiger partial charge in [-0.3, -0.25) is 4.79 Å². The van der Waals surface area contributed by atoms with Crippen molar-refractivity contribution in [3.8, 4) is 0 Å². The molecular weight excluding hydrogens is 294 g/mol. The van der Waals surface area contributed by atoms with Gasteiger partial charge in [-0.2, -0.15) is 0 Å². The lowest BCUT2D eigenvalue weighted by Gasteiger charge is -2.35. The van der Waals surface area contributed by atoms with Crippen molar-refractivity contribution in [1.82, 2.24) is 0 Å². The molecule has 16 heavy (non-hydrogen) atoms. The molecule has 0 aliphatic heterocycles. The number of sulfonamides is 1. The predicted octanol–water partition coefficient (Wildman–Crippen LogP) is 1.04. The summed E-state index contributed by atoms with van der Waals surface area (Å²) in [4.78, 5) is 11.9. The van der Waals surface area contributed by atoms with Crippen LogP contribution in [0.5, 0.6) is 0 Å². The van der Waals surface area contributed by atoms with Gasteiger partial charge < -0.3 is 0 Å². The fourth-order valence-electron chi connectivity index (χ4n) is 3.50. The third-order valence-corrected chi connectivity index (χ3v) is 6.74. The molecule has 0 heterocycles. The number of ketones is 1. The summed E-state index contributed by atoms with van der Waals surface area (Å²) < 4.78 is 22.6. The zero-order chi connectivity index (χ0) is 12.4.